The molecule has 4 heteroatoms. The summed E-state index contributed by atoms with van der Waals surface area (Å²) in [6.45, 7) is 6.44. The predicted molar refractivity (Wildman–Crippen MR) is 95.6 cm³/mol. The first-order valence-corrected chi connectivity index (χ1v) is 8.71. The third-order valence-electron chi connectivity index (χ3n) is 3.67. The van der Waals surface area contributed by atoms with E-state index in [9.17, 15) is 0 Å². The van der Waals surface area contributed by atoms with Crippen LogP contribution in [0.1, 0.15) is 28.3 Å². The van der Waals surface area contributed by atoms with E-state index in [1.54, 1.807) is 0 Å². The highest BCUT2D eigenvalue weighted by molar-refractivity contribution is 9.10. The molecule has 2 rings (SSSR count). The van der Waals surface area contributed by atoms with E-state index >= 15 is 0 Å². The summed E-state index contributed by atoms with van der Waals surface area (Å²) in [6, 6.07) is 13.0. The number of thioether (sulfide) groups is 1. The van der Waals surface area contributed by atoms with Crippen LogP contribution in [0.4, 0.5) is 0 Å². The SMILES string of the molecule is Cc1cc(C)c(C(CSc2cccc(Br)c2)NN)cc1C. The van der Waals surface area contributed by atoms with E-state index in [-0.39, 0.29) is 6.04 Å². The van der Waals surface area contributed by atoms with Gasteiger partial charge in [0.15, 0.2) is 0 Å². The standard InChI is InChI=1S/C17H21BrN2S/c1-11-7-13(3)16(8-12(11)2)17(20-19)10-21-15-6-4-5-14(18)9-15/h4-9,17,20H,10,19H2,1-3H3. The van der Waals surface area contributed by atoms with Crippen LogP contribution in [0.25, 0.3) is 0 Å². The fourth-order valence-electron chi connectivity index (χ4n) is 2.32. The molecular formula is C17H21BrN2S. The van der Waals surface area contributed by atoms with E-state index in [0.717, 1.165) is 10.2 Å². The molecule has 0 amide bonds. The molecule has 1 atom stereocenters. The van der Waals surface area contributed by atoms with Crippen molar-refractivity contribution in [1.29, 1.82) is 0 Å². The molecular weight excluding hydrogens is 344 g/mol. The van der Waals surface area contributed by atoms with Crippen molar-refractivity contribution in [2.75, 3.05) is 5.75 Å². The minimum atomic E-state index is 0.147. The third kappa shape index (κ3) is 4.33. The predicted octanol–water partition coefficient (Wildman–Crippen LogP) is 4.67. The molecule has 0 saturated carbocycles. The lowest BCUT2D eigenvalue weighted by molar-refractivity contribution is 0.607. The van der Waals surface area contributed by atoms with Crippen LogP contribution in [0, 0.1) is 20.8 Å². The summed E-state index contributed by atoms with van der Waals surface area (Å²) in [5.74, 6) is 6.68. The molecule has 0 bridgehead atoms. The number of hydrogen-bond donors (Lipinski definition) is 2. The van der Waals surface area contributed by atoms with Crippen LogP contribution in [0.3, 0.4) is 0 Å². The minimum absolute atomic E-state index is 0.147. The quantitative estimate of drug-likeness (QED) is 0.459. The van der Waals surface area contributed by atoms with Crippen molar-refractivity contribution in [2.45, 2.75) is 31.7 Å². The Labute approximate surface area is 139 Å². The molecule has 0 heterocycles. The summed E-state index contributed by atoms with van der Waals surface area (Å²) in [4.78, 5) is 1.24. The Kier molecular flexibility index (Phi) is 5.88. The first kappa shape index (κ1) is 16.6. The van der Waals surface area contributed by atoms with E-state index in [0.29, 0.717) is 0 Å². The topological polar surface area (TPSA) is 38.0 Å². The Morgan fingerprint density at radius 1 is 1.10 bits per heavy atom. The molecule has 2 aromatic rings. The van der Waals surface area contributed by atoms with Crippen molar-refractivity contribution < 1.29 is 0 Å². The van der Waals surface area contributed by atoms with Gasteiger partial charge in [-0.3, -0.25) is 11.3 Å². The van der Waals surface area contributed by atoms with Crippen LogP contribution in [0.15, 0.2) is 45.8 Å². The maximum atomic E-state index is 5.78. The van der Waals surface area contributed by atoms with Crippen LogP contribution < -0.4 is 11.3 Å². The lowest BCUT2D eigenvalue weighted by Gasteiger charge is -2.20. The molecule has 0 radical (unpaired) electrons. The van der Waals surface area contributed by atoms with E-state index in [1.165, 1.54) is 27.1 Å². The Hall–Kier alpha value is -0.810. The zero-order valence-corrected chi connectivity index (χ0v) is 15.0. The number of benzene rings is 2. The first-order valence-electron chi connectivity index (χ1n) is 6.93. The summed E-state index contributed by atoms with van der Waals surface area (Å²) < 4.78 is 1.10. The Bertz CT molecular complexity index is 628. The Morgan fingerprint density at radius 2 is 1.81 bits per heavy atom. The largest absolute Gasteiger partial charge is 0.271 e. The average Bonchev–Trinajstić information content (AvgIpc) is 2.45. The first-order chi connectivity index (χ1) is 10.0. The van der Waals surface area contributed by atoms with Gasteiger partial charge in [0.25, 0.3) is 0 Å². The van der Waals surface area contributed by atoms with E-state index in [1.807, 2.05) is 17.8 Å². The highest BCUT2D eigenvalue weighted by Crippen LogP contribution is 2.29. The van der Waals surface area contributed by atoms with Gasteiger partial charge in [-0.15, -0.1) is 11.8 Å². The number of rotatable bonds is 5. The van der Waals surface area contributed by atoms with Gasteiger partial charge >= 0.3 is 0 Å². The van der Waals surface area contributed by atoms with Crippen LogP contribution in [0.2, 0.25) is 0 Å². The van der Waals surface area contributed by atoms with Gasteiger partial charge < -0.3 is 0 Å². The van der Waals surface area contributed by atoms with Gasteiger partial charge in [-0.1, -0.05) is 34.1 Å². The Morgan fingerprint density at radius 3 is 2.48 bits per heavy atom. The minimum Gasteiger partial charge on any atom is -0.271 e. The molecule has 1 unspecified atom stereocenters. The van der Waals surface area contributed by atoms with Gasteiger partial charge in [0.2, 0.25) is 0 Å². The molecule has 3 N–H and O–H groups in total. The number of aryl methyl sites for hydroxylation is 3. The average molecular weight is 365 g/mol. The number of hydrogen-bond acceptors (Lipinski definition) is 3. The molecule has 0 aliphatic carbocycles. The van der Waals surface area contributed by atoms with E-state index in [4.69, 9.17) is 5.84 Å². The second kappa shape index (κ2) is 7.45. The van der Waals surface area contributed by atoms with Crippen LogP contribution in [0.5, 0.6) is 0 Å². The summed E-state index contributed by atoms with van der Waals surface area (Å²) >= 11 is 5.31. The van der Waals surface area contributed by atoms with Gasteiger partial charge in [-0.2, -0.15) is 0 Å². The summed E-state index contributed by atoms with van der Waals surface area (Å²) in [6.07, 6.45) is 0. The maximum Gasteiger partial charge on any atom is 0.0556 e. The maximum absolute atomic E-state index is 5.78. The highest BCUT2D eigenvalue weighted by Gasteiger charge is 2.14. The monoisotopic (exact) mass is 364 g/mol. The van der Waals surface area contributed by atoms with Gasteiger partial charge in [0.1, 0.15) is 0 Å². The fourth-order valence-corrected chi connectivity index (χ4v) is 3.89. The number of nitrogens with one attached hydrogen (secondary N) is 1. The zero-order chi connectivity index (χ0) is 15.4. The van der Waals surface area contributed by atoms with Gasteiger partial charge in [0.05, 0.1) is 6.04 Å². The van der Waals surface area contributed by atoms with Crippen molar-refractivity contribution in [1.82, 2.24) is 5.43 Å². The van der Waals surface area contributed by atoms with Crippen molar-refractivity contribution in [3.05, 3.63) is 63.1 Å². The van der Waals surface area contributed by atoms with Crippen LogP contribution in [-0.4, -0.2) is 5.75 Å². The number of hydrazine groups is 1. The molecule has 0 aliphatic heterocycles. The molecule has 2 nitrogen and oxygen atoms in total. The van der Waals surface area contributed by atoms with Crippen LogP contribution in [-0.2, 0) is 0 Å². The highest BCUT2D eigenvalue weighted by atomic mass is 79.9. The fraction of sp³-hybridized carbons (Fsp3) is 0.294. The number of nitrogens with two attached hydrogens (primary N) is 1. The van der Waals surface area contributed by atoms with Crippen molar-refractivity contribution >= 4 is 27.7 Å². The van der Waals surface area contributed by atoms with Crippen molar-refractivity contribution in [3.8, 4) is 0 Å². The molecule has 2 aromatic carbocycles. The number of halogens is 1. The molecule has 0 aromatic heterocycles. The second-order valence-corrected chi connectivity index (χ2v) is 7.29. The van der Waals surface area contributed by atoms with E-state index in [2.05, 4.69) is 72.5 Å². The molecule has 0 saturated heterocycles. The lowest BCUT2D eigenvalue weighted by Crippen LogP contribution is -2.30. The lowest BCUT2D eigenvalue weighted by atomic mass is 9.97. The zero-order valence-electron chi connectivity index (χ0n) is 12.6. The van der Waals surface area contributed by atoms with Gasteiger partial charge in [-0.25, -0.2) is 0 Å². The van der Waals surface area contributed by atoms with Gasteiger partial charge in [-0.05, 0) is 61.2 Å². The summed E-state index contributed by atoms with van der Waals surface area (Å²) in [5.41, 5.74) is 8.16. The van der Waals surface area contributed by atoms with Gasteiger partial charge in [0, 0.05) is 15.1 Å². The molecule has 21 heavy (non-hydrogen) atoms. The molecule has 0 spiro atoms. The Balaban J connectivity index is 2.15. The third-order valence-corrected chi connectivity index (χ3v) is 5.25. The molecule has 112 valence electrons. The smallest absolute Gasteiger partial charge is 0.0556 e. The van der Waals surface area contributed by atoms with Crippen LogP contribution >= 0.6 is 27.7 Å². The summed E-state index contributed by atoms with van der Waals surface area (Å²) in [7, 11) is 0. The normalized spacial score (nSPS) is 12.4. The summed E-state index contributed by atoms with van der Waals surface area (Å²) in [5, 5.41) is 0. The second-order valence-electron chi connectivity index (χ2n) is 5.28. The molecule has 0 fully saturated rings. The van der Waals surface area contributed by atoms with Crippen molar-refractivity contribution in [2.24, 2.45) is 5.84 Å². The molecule has 0 aliphatic rings. The van der Waals surface area contributed by atoms with E-state index < -0.39 is 0 Å². The van der Waals surface area contributed by atoms with Crippen molar-refractivity contribution in [3.63, 3.8) is 0 Å².